The van der Waals surface area contributed by atoms with Crippen molar-refractivity contribution >= 4 is 27.5 Å². The van der Waals surface area contributed by atoms with E-state index in [2.05, 4.69) is 27.3 Å². The molecule has 0 aliphatic rings. The molecule has 2 nitrogen and oxygen atoms in total. The molecule has 0 atom stereocenters. The van der Waals surface area contributed by atoms with Crippen molar-refractivity contribution in [3.63, 3.8) is 0 Å². The first-order valence-electron chi connectivity index (χ1n) is 4.87. The van der Waals surface area contributed by atoms with Crippen LogP contribution in [0.25, 0.3) is 0 Å². The van der Waals surface area contributed by atoms with Crippen LogP contribution >= 0.6 is 27.5 Å². The highest BCUT2D eigenvalue weighted by atomic mass is 79.9. The Morgan fingerprint density at radius 1 is 1.47 bits per heavy atom. The lowest BCUT2D eigenvalue weighted by Crippen LogP contribution is -2.15. The molecule has 0 spiro atoms. The van der Waals surface area contributed by atoms with Crippen LogP contribution in [0.1, 0.15) is 12.0 Å². The Labute approximate surface area is 104 Å². The Hall–Kier alpha value is -0.250. The van der Waals surface area contributed by atoms with E-state index < -0.39 is 0 Å². The van der Waals surface area contributed by atoms with Crippen molar-refractivity contribution in [1.29, 1.82) is 0 Å². The second kappa shape index (κ2) is 7.09. The lowest BCUT2D eigenvalue weighted by Gasteiger charge is -2.09. The highest BCUT2D eigenvalue weighted by Crippen LogP contribution is 2.22. The van der Waals surface area contributed by atoms with Crippen LogP contribution in [0, 0.1) is 0 Å². The van der Waals surface area contributed by atoms with Gasteiger partial charge in [-0.1, -0.05) is 15.9 Å². The van der Waals surface area contributed by atoms with Crippen molar-refractivity contribution in [3.05, 3.63) is 28.2 Å². The standard InChI is InChI=1S/C11H15BrClNO/c1-15-11-4-3-10(12)7-9(11)8-14-6-2-5-13/h3-4,7,14H,2,5-6,8H2,1H3. The number of benzene rings is 1. The Kier molecular flexibility index (Phi) is 6.06. The van der Waals surface area contributed by atoms with Crippen molar-refractivity contribution in [2.24, 2.45) is 0 Å². The Bertz CT molecular complexity index is 307. The molecule has 15 heavy (non-hydrogen) atoms. The van der Waals surface area contributed by atoms with Gasteiger partial charge in [-0.2, -0.15) is 0 Å². The van der Waals surface area contributed by atoms with E-state index in [0.717, 1.165) is 35.3 Å². The fourth-order valence-corrected chi connectivity index (χ4v) is 1.84. The molecular weight excluding hydrogens is 277 g/mol. The molecule has 0 radical (unpaired) electrons. The van der Waals surface area contributed by atoms with Gasteiger partial charge >= 0.3 is 0 Å². The van der Waals surface area contributed by atoms with E-state index >= 15 is 0 Å². The lowest BCUT2D eigenvalue weighted by atomic mass is 10.2. The molecule has 4 heteroatoms. The first-order chi connectivity index (χ1) is 7.27. The van der Waals surface area contributed by atoms with Crippen LogP contribution in [0.4, 0.5) is 0 Å². The van der Waals surface area contributed by atoms with Crippen LogP contribution in [-0.2, 0) is 6.54 Å². The molecule has 0 heterocycles. The summed E-state index contributed by atoms with van der Waals surface area (Å²) in [5.74, 6) is 1.61. The highest BCUT2D eigenvalue weighted by molar-refractivity contribution is 9.10. The molecule has 0 aliphatic carbocycles. The zero-order valence-electron chi connectivity index (χ0n) is 8.72. The number of hydrogen-bond acceptors (Lipinski definition) is 2. The van der Waals surface area contributed by atoms with Crippen LogP contribution < -0.4 is 10.1 Å². The molecule has 0 unspecified atom stereocenters. The van der Waals surface area contributed by atoms with Gasteiger partial charge in [-0.05, 0) is 31.2 Å². The second-order valence-corrected chi connectivity index (χ2v) is 4.47. The number of halogens is 2. The van der Waals surface area contributed by atoms with Crippen LogP contribution in [0.15, 0.2) is 22.7 Å². The van der Waals surface area contributed by atoms with Crippen molar-refractivity contribution in [2.75, 3.05) is 19.5 Å². The topological polar surface area (TPSA) is 21.3 Å². The van der Waals surface area contributed by atoms with E-state index in [-0.39, 0.29) is 0 Å². The molecule has 84 valence electrons. The van der Waals surface area contributed by atoms with Gasteiger partial charge in [0.25, 0.3) is 0 Å². The fraction of sp³-hybridized carbons (Fsp3) is 0.455. The minimum atomic E-state index is 0.697. The Morgan fingerprint density at radius 2 is 2.27 bits per heavy atom. The maximum atomic E-state index is 5.59. The monoisotopic (exact) mass is 291 g/mol. The van der Waals surface area contributed by atoms with Gasteiger partial charge in [0.2, 0.25) is 0 Å². The number of rotatable bonds is 6. The Balaban J connectivity index is 2.54. The average molecular weight is 293 g/mol. The molecule has 0 saturated heterocycles. The smallest absolute Gasteiger partial charge is 0.123 e. The highest BCUT2D eigenvalue weighted by Gasteiger charge is 2.02. The molecule has 1 aromatic rings. The van der Waals surface area contributed by atoms with Crippen molar-refractivity contribution in [2.45, 2.75) is 13.0 Å². The van der Waals surface area contributed by atoms with Crippen molar-refractivity contribution < 1.29 is 4.74 Å². The predicted molar refractivity (Wildman–Crippen MR) is 67.7 cm³/mol. The van der Waals surface area contributed by atoms with Gasteiger partial charge in [-0.15, -0.1) is 11.6 Å². The third-order valence-corrected chi connectivity index (χ3v) is 2.81. The van der Waals surface area contributed by atoms with E-state index in [0.29, 0.717) is 5.88 Å². The summed E-state index contributed by atoms with van der Waals surface area (Å²) in [4.78, 5) is 0. The zero-order valence-corrected chi connectivity index (χ0v) is 11.1. The molecule has 0 bridgehead atoms. The van der Waals surface area contributed by atoms with Gasteiger partial charge in [0, 0.05) is 22.5 Å². The molecule has 0 fully saturated rings. The van der Waals surface area contributed by atoms with E-state index in [1.165, 1.54) is 0 Å². The number of alkyl halides is 1. The molecule has 0 saturated carbocycles. The van der Waals surface area contributed by atoms with Crippen LogP contribution in [0.5, 0.6) is 5.75 Å². The summed E-state index contributed by atoms with van der Waals surface area (Å²) < 4.78 is 6.34. The number of hydrogen-bond donors (Lipinski definition) is 1. The van der Waals surface area contributed by atoms with Crippen LogP contribution in [0.2, 0.25) is 0 Å². The summed E-state index contributed by atoms with van der Waals surface area (Å²) in [5.41, 5.74) is 1.15. The molecule has 0 aliphatic heterocycles. The van der Waals surface area contributed by atoms with E-state index in [1.807, 2.05) is 12.1 Å². The van der Waals surface area contributed by atoms with Crippen molar-refractivity contribution in [1.82, 2.24) is 5.32 Å². The van der Waals surface area contributed by atoms with Crippen LogP contribution in [0.3, 0.4) is 0 Å². The van der Waals surface area contributed by atoms with Crippen LogP contribution in [-0.4, -0.2) is 19.5 Å². The lowest BCUT2D eigenvalue weighted by molar-refractivity contribution is 0.407. The molecule has 1 rings (SSSR count). The average Bonchev–Trinajstić information content (AvgIpc) is 2.25. The summed E-state index contributed by atoms with van der Waals surface area (Å²) in [5, 5.41) is 3.32. The maximum Gasteiger partial charge on any atom is 0.123 e. The van der Waals surface area contributed by atoms with E-state index in [4.69, 9.17) is 16.3 Å². The van der Waals surface area contributed by atoms with Gasteiger partial charge in [-0.3, -0.25) is 0 Å². The Morgan fingerprint density at radius 3 is 2.93 bits per heavy atom. The van der Waals surface area contributed by atoms with Gasteiger partial charge in [0.05, 0.1) is 7.11 Å². The molecule has 0 amide bonds. The fourth-order valence-electron chi connectivity index (χ4n) is 1.30. The molecule has 1 N–H and O–H groups in total. The largest absolute Gasteiger partial charge is 0.496 e. The normalized spacial score (nSPS) is 10.3. The molecular formula is C11H15BrClNO. The molecule has 0 aromatic heterocycles. The van der Waals surface area contributed by atoms with Gasteiger partial charge in [-0.25, -0.2) is 0 Å². The predicted octanol–water partition coefficient (Wildman–Crippen LogP) is 3.18. The maximum absolute atomic E-state index is 5.59. The SMILES string of the molecule is COc1ccc(Br)cc1CNCCCCl. The molecule has 1 aromatic carbocycles. The minimum absolute atomic E-state index is 0.697. The van der Waals surface area contributed by atoms with Gasteiger partial charge in [0.1, 0.15) is 5.75 Å². The third-order valence-electron chi connectivity index (χ3n) is 2.05. The number of nitrogens with one attached hydrogen (secondary N) is 1. The summed E-state index contributed by atoms with van der Waals surface area (Å²) in [7, 11) is 1.69. The van der Waals surface area contributed by atoms with Gasteiger partial charge < -0.3 is 10.1 Å². The van der Waals surface area contributed by atoms with E-state index in [1.54, 1.807) is 7.11 Å². The summed E-state index contributed by atoms with van der Waals surface area (Å²) in [6.07, 6.45) is 0.984. The first-order valence-corrected chi connectivity index (χ1v) is 6.19. The zero-order chi connectivity index (χ0) is 11.1. The number of ether oxygens (including phenoxy) is 1. The van der Waals surface area contributed by atoms with E-state index in [9.17, 15) is 0 Å². The third kappa shape index (κ3) is 4.41. The second-order valence-electron chi connectivity index (χ2n) is 3.18. The quantitative estimate of drug-likeness (QED) is 0.642. The summed E-state index contributed by atoms with van der Waals surface area (Å²) >= 11 is 9.04. The van der Waals surface area contributed by atoms with Gasteiger partial charge in [0.15, 0.2) is 0 Å². The minimum Gasteiger partial charge on any atom is -0.496 e. The van der Waals surface area contributed by atoms with Crippen molar-refractivity contribution in [3.8, 4) is 5.75 Å². The number of methoxy groups -OCH3 is 1. The summed E-state index contributed by atoms with van der Waals surface area (Å²) in [6, 6.07) is 6.00. The first kappa shape index (κ1) is 12.8. The summed E-state index contributed by atoms with van der Waals surface area (Å²) in [6.45, 7) is 1.73.